The summed E-state index contributed by atoms with van der Waals surface area (Å²) >= 11 is 0. The molecule has 4 aromatic rings. The summed E-state index contributed by atoms with van der Waals surface area (Å²) in [5, 5.41) is 0.960. The van der Waals surface area contributed by atoms with Gasteiger partial charge in [0.05, 0.1) is 16.8 Å². The molecule has 0 spiro atoms. The minimum atomic E-state index is -0.374. The zero-order valence-corrected chi connectivity index (χ0v) is 18.2. The molecule has 0 bridgehead atoms. The van der Waals surface area contributed by atoms with E-state index in [1.54, 1.807) is 16.8 Å². The van der Waals surface area contributed by atoms with Crippen molar-refractivity contribution < 1.29 is 14.3 Å². The summed E-state index contributed by atoms with van der Waals surface area (Å²) in [6.07, 6.45) is 8.01. The summed E-state index contributed by atoms with van der Waals surface area (Å²) in [6, 6.07) is 19.1. The van der Waals surface area contributed by atoms with Crippen molar-refractivity contribution in [2.24, 2.45) is 0 Å². The first-order chi connectivity index (χ1) is 16.1. The lowest BCUT2D eigenvalue weighted by Gasteiger charge is -2.11. The summed E-state index contributed by atoms with van der Waals surface area (Å²) in [6.45, 7) is 3.78. The van der Waals surface area contributed by atoms with E-state index in [0.29, 0.717) is 29.2 Å². The minimum absolute atomic E-state index is 0.0667. The highest BCUT2D eigenvalue weighted by atomic mass is 16.5. The smallest absolute Gasteiger partial charge is 0.340 e. The molecule has 1 aliphatic carbocycles. The zero-order valence-electron chi connectivity index (χ0n) is 18.2. The summed E-state index contributed by atoms with van der Waals surface area (Å²) in [4.78, 5) is 30.2. The van der Waals surface area contributed by atoms with Gasteiger partial charge in [-0.15, -0.1) is 0 Å². The molecule has 5 rings (SSSR count). The molecule has 0 atom stereocenters. The number of carbonyl (C=O) groups is 2. The molecule has 0 radical (unpaired) electrons. The molecule has 1 saturated carbocycles. The van der Waals surface area contributed by atoms with E-state index in [4.69, 9.17) is 4.74 Å². The molecule has 2 aromatic carbocycles. The lowest BCUT2D eigenvalue weighted by molar-refractivity contribution is 0.0547. The molecule has 1 aliphatic rings. The molecule has 0 N–H and O–H groups in total. The first-order valence-electron chi connectivity index (χ1n) is 11.1. The van der Waals surface area contributed by atoms with Crippen molar-refractivity contribution in [1.29, 1.82) is 0 Å². The van der Waals surface area contributed by atoms with Gasteiger partial charge in [-0.05, 0) is 66.3 Å². The topological polar surface area (TPSA) is 61.2 Å². The van der Waals surface area contributed by atoms with Crippen LogP contribution >= 0.6 is 0 Å². The Morgan fingerprint density at radius 3 is 2.67 bits per heavy atom. The molecule has 5 nitrogen and oxygen atoms in total. The van der Waals surface area contributed by atoms with Crippen LogP contribution in [0, 0.1) is 0 Å². The Labute approximate surface area is 192 Å². The number of hydrogen-bond acceptors (Lipinski definition) is 4. The van der Waals surface area contributed by atoms with Crippen molar-refractivity contribution in [3.63, 3.8) is 0 Å². The van der Waals surface area contributed by atoms with E-state index in [2.05, 4.69) is 11.6 Å². The molecule has 0 unspecified atom stereocenters. The quantitative estimate of drug-likeness (QED) is 0.282. The third-order valence-corrected chi connectivity index (χ3v) is 5.96. The monoisotopic (exact) mass is 436 g/mol. The Kier molecular flexibility index (Phi) is 5.61. The summed E-state index contributed by atoms with van der Waals surface area (Å²) < 4.78 is 6.98. The third-order valence-electron chi connectivity index (χ3n) is 5.96. The molecular formula is C28H24N2O3. The number of fused-ring (bicyclic) bond motifs is 1. The Hall–Kier alpha value is -3.99. The Balaban J connectivity index is 1.44. The average molecular weight is 437 g/mol. The fourth-order valence-corrected chi connectivity index (χ4v) is 4.07. The fourth-order valence-electron chi connectivity index (χ4n) is 4.07. The molecule has 164 valence electrons. The maximum atomic E-state index is 12.9. The molecule has 1 fully saturated rings. The highest BCUT2D eigenvalue weighted by molar-refractivity contribution is 6.02. The Morgan fingerprint density at radius 2 is 1.91 bits per heavy atom. The molecule has 2 heterocycles. The SMILES string of the molecule is C=CCOC(=O)c1cc(C2CC2)cnc1Cc1ccc2c(ccn2C(=O)c2ccccc2)c1. The van der Waals surface area contributed by atoms with Gasteiger partial charge in [-0.3, -0.25) is 14.3 Å². The van der Waals surface area contributed by atoms with Gasteiger partial charge in [0.1, 0.15) is 6.61 Å². The van der Waals surface area contributed by atoms with E-state index < -0.39 is 0 Å². The van der Waals surface area contributed by atoms with Crippen LogP contribution < -0.4 is 0 Å². The second-order valence-corrected chi connectivity index (χ2v) is 8.35. The average Bonchev–Trinajstić information content (AvgIpc) is 3.62. The van der Waals surface area contributed by atoms with Crippen molar-refractivity contribution in [3.8, 4) is 0 Å². The number of rotatable bonds is 7. The maximum absolute atomic E-state index is 12.9. The second-order valence-electron chi connectivity index (χ2n) is 8.35. The fraction of sp³-hybridized carbons (Fsp3) is 0.179. The van der Waals surface area contributed by atoms with Gasteiger partial charge in [0.25, 0.3) is 5.91 Å². The summed E-state index contributed by atoms with van der Waals surface area (Å²) in [5.74, 6) is 0.0549. The van der Waals surface area contributed by atoms with E-state index in [-0.39, 0.29) is 18.5 Å². The normalized spacial score (nSPS) is 13.1. The first-order valence-corrected chi connectivity index (χ1v) is 11.1. The van der Waals surface area contributed by atoms with E-state index in [9.17, 15) is 9.59 Å². The summed E-state index contributed by atoms with van der Waals surface area (Å²) in [5.41, 5.74) is 4.79. The lowest BCUT2D eigenvalue weighted by Crippen LogP contribution is -2.11. The van der Waals surface area contributed by atoms with Crippen LogP contribution in [0.3, 0.4) is 0 Å². The van der Waals surface area contributed by atoms with Gasteiger partial charge >= 0.3 is 5.97 Å². The Bertz CT molecular complexity index is 1350. The maximum Gasteiger partial charge on any atom is 0.340 e. The molecule has 33 heavy (non-hydrogen) atoms. The highest BCUT2D eigenvalue weighted by Crippen LogP contribution is 2.40. The van der Waals surface area contributed by atoms with E-state index in [1.807, 2.05) is 66.9 Å². The van der Waals surface area contributed by atoms with Crippen molar-refractivity contribution >= 4 is 22.8 Å². The molecule has 0 aliphatic heterocycles. The van der Waals surface area contributed by atoms with Crippen molar-refractivity contribution in [2.75, 3.05) is 6.61 Å². The molecule has 5 heteroatoms. The highest BCUT2D eigenvalue weighted by Gasteiger charge is 2.26. The number of nitrogens with zero attached hydrogens (tertiary/aromatic N) is 2. The van der Waals surface area contributed by atoms with Gasteiger partial charge < -0.3 is 4.74 Å². The lowest BCUT2D eigenvalue weighted by atomic mass is 10.0. The van der Waals surface area contributed by atoms with Crippen LogP contribution in [0.4, 0.5) is 0 Å². The van der Waals surface area contributed by atoms with Crippen molar-refractivity contribution in [3.05, 3.63) is 114 Å². The number of ether oxygens (including phenoxy) is 1. The van der Waals surface area contributed by atoms with Gasteiger partial charge in [0, 0.05) is 29.8 Å². The van der Waals surface area contributed by atoms with Crippen LogP contribution in [-0.2, 0) is 11.2 Å². The largest absolute Gasteiger partial charge is 0.458 e. The van der Waals surface area contributed by atoms with Gasteiger partial charge in [-0.2, -0.15) is 0 Å². The molecular weight excluding hydrogens is 412 g/mol. The van der Waals surface area contributed by atoms with Gasteiger partial charge in [-0.25, -0.2) is 4.79 Å². The van der Waals surface area contributed by atoms with Crippen LogP contribution in [0.25, 0.3) is 10.9 Å². The third kappa shape index (κ3) is 4.35. The Morgan fingerprint density at radius 1 is 1.09 bits per heavy atom. The minimum Gasteiger partial charge on any atom is -0.458 e. The van der Waals surface area contributed by atoms with Crippen LogP contribution in [0.15, 0.2) is 85.7 Å². The van der Waals surface area contributed by atoms with Crippen LogP contribution in [0.1, 0.15) is 56.3 Å². The van der Waals surface area contributed by atoms with E-state index in [1.165, 1.54) is 0 Å². The second kappa shape index (κ2) is 8.87. The number of pyridine rings is 1. The number of hydrogen-bond donors (Lipinski definition) is 0. The zero-order chi connectivity index (χ0) is 22.8. The number of carbonyl (C=O) groups excluding carboxylic acids is 2. The van der Waals surface area contributed by atoms with Crippen LogP contribution in [0.2, 0.25) is 0 Å². The predicted octanol–water partition coefficient (Wildman–Crippen LogP) is 5.54. The molecule has 2 aromatic heterocycles. The van der Waals surface area contributed by atoms with Crippen molar-refractivity contribution in [2.45, 2.75) is 25.2 Å². The van der Waals surface area contributed by atoms with Gasteiger partial charge in [-0.1, -0.05) is 36.9 Å². The number of aromatic nitrogens is 2. The van der Waals surface area contributed by atoms with Crippen LogP contribution in [0.5, 0.6) is 0 Å². The first kappa shape index (κ1) is 20.9. The van der Waals surface area contributed by atoms with E-state index in [0.717, 1.165) is 34.9 Å². The predicted molar refractivity (Wildman–Crippen MR) is 128 cm³/mol. The number of benzene rings is 2. The van der Waals surface area contributed by atoms with E-state index >= 15 is 0 Å². The molecule has 0 amide bonds. The number of esters is 1. The summed E-state index contributed by atoms with van der Waals surface area (Å²) in [7, 11) is 0. The standard InChI is InChI=1S/C28H24N2O3/c1-2-14-33-28(32)24-17-23(20-9-10-20)18-29-25(24)16-19-8-11-26-22(15-19)12-13-30(26)27(31)21-6-4-3-5-7-21/h2-8,11-13,15,17-18,20H,1,9-10,14,16H2. The molecule has 0 saturated heterocycles. The van der Waals surface area contributed by atoms with Crippen molar-refractivity contribution in [1.82, 2.24) is 9.55 Å². The van der Waals surface area contributed by atoms with Crippen LogP contribution in [-0.4, -0.2) is 28.0 Å². The van der Waals surface area contributed by atoms with Gasteiger partial charge in [0.2, 0.25) is 0 Å². The van der Waals surface area contributed by atoms with Gasteiger partial charge in [0.15, 0.2) is 0 Å².